The molecule has 41 heavy (non-hydrogen) atoms. The van der Waals surface area contributed by atoms with Gasteiger partial charge in [0.2, 0.25) is 5.95 Å². The number of anilines is 5. The van der Waals surface area contributed by atoms with Gasteiger partial charge in [0.1, 0.15) is 11.6 Å². The number of halogens is 1. The van der Waals surface area contributed by atoms with Gasteiger partial charge in [-0.15, -0.1) is 0 Å². The minimum absolute atomic E-state index is 0.0357. The van der Waals surface area contributed by atoms with Gasteiger partial charge in [0.05, 0.1) is 45.3 Å². The molecule has 1 aliphatic rings. The van der Waals surface area contributed by atoms with Gasteiger partial charge in [0.25, 0.3) is 0 Å². The van der Waals surface area contributed by atoms with Crippen LogP contribution in [0.1, 0.15) is 20.8 Å². The lowest BCUT2D eigenvalue weighted by Crippen LogP contribution is -2.48. The number of sulfone groups is 1. The van der Waals surface area contributed by atoms with Crippen LogP contribution in [0.3, 0.4) is 0 Å². The first-order valence-electron chi connectivity index (χ1n) is 13.5. The molecule has 0 spiro atoms. The summed E-state index contributed by atoms with van der Waals surface area (Å²) >= 11 is 3.50. The van der Waals surface area contributed by atoms with Crippen LogP contribution in [0.4, 0.5) is 28.8 Å². The fraction of sp³-hybridized carbons (Fsp3) is 0.393. The molecule has 2 aromatic heterocycles. The maximum Gasteiger partial charge on any atom is 0.229 e. The van der Waals surface area contributed by atoms with Crippen molar-refractivity contribution in [3.63, 3.8) is 0 Å². The first-order chi connectivity index (χ1) is 19.6. The second-order valence-corrected chi connectivity index (χ2v) is 13.3. The Balaban J connectivity index is 1.41. The third-order valence-corrected chi connectivity index (χ3v) is 9.75. The molecular formula is C28H35BrN8O3S. The standard InChI is InChI=1S/C28H35BrN8O3S/c1-6-41(38,39)26-15-24-19(16-31-35(24)4)13-23(26)32-27-21(29)17-30-28(34-27)33-22-8-7-20(14-25(22)40-5)37-11-9-36(10-12-37)18(2)3/h7-8,13-18H,6,9-12H2,1-5H3,(H2,30,32,33,34). The minimum atomic E-state index is -3.54. The number of aromatic nitrogens is 4. The summed E-state index contributed by atoms with van der Waals surface area (Å²) in [6.07, 6.45) is 3.31. The molecule has 3 heterocycles. The zero-order valence-electron chi connectivity index (χ0n) is 23.8. The molecule has 11 nitrogen and oxygen atoms in total. The van der Waals surface area contributed by atoms with E-state index in [1.807, 2.05) is 12.1 Å². The van der Waals surface area contributed by atoms with Crippen LogP contribution in [0.5, 0.6) is 5.75 Å². The number of methoxy groups -OCH3 is 1. The average molecular weight is 644 g/mol. The topological polar surface area (TPSA) is 118 Å². The third kappa shape index (κ3) is 6.11. The molecule has 0 unspecified atom stereocenters. The van der Waals surface area contributed by atoms with Crippen molar-refractivity contribution in [2.45, 2.75) is 31.7 Å². The highest BCUT2D eigenvalue weighted by atomic mass is 79.9. The molecule has 1 fully saturated rings. The Morgan fingerprint density at radius 3 is 2.49 bits per heavy atom. The Labute approximate surface area is 249 Å². The predicted molar refractivity (Wildman–Crippen MR) is 167 cm³/mol. The van der Waals surface area contributed by atoms with Crippen molar-refractivity contribution in [3.05, 3.63) is 47.2 Å². The Kier molecular flexibility index (Phi) is 8.39. The van der Waals surface area contributed by atoms with Gasteiger partial charge in [-0.05, 0) is 54.0 Å². The van der Waals surface area contributed by atoms with Crippen molar-refractivity contribution in [3.8, 4) is 5.75 Å². The van der Waals surface area contributed by atoms with Gasteiger partial charge in [0.15, 0.2) is 9.84 Å². The summed E-state index contributed by atoms with van der Waals surface area (Å²) in [5, 5.41) is 11.5. The van der Waals surface area contributed by atoms with Crippen LogP contribution >= 0.6 is 15.9 Å². The average Bonchev–Trinajstić information content (AvgIpc) is 3.33. The molecule has 0 saturated carbocycles. The summed E-state index contributed by atoms with van der Waals surface area (Å²) in [6, 6.07) is 10.0. The first kappa shape index (κ1) is 29.1. The van der Waals surface area contributed by atoms with Gasteiger partial charge in [-0.2, -0.15) is 10.1 Å². The van der Waals surface area contributed by atoms with Crippen LogP contribution in [0, 0.1) is 0 Å². The number of ether oxygens (including phenoxy) is 1. The molecule has 0 atom stereocenters. The highest BCUT2D eigenvalue weighted by molar-refractivity contribution is 9.10. The first-order valence-corrected chi connectivity index (χ1v) is 16.0. The van der Waals surface area contributed by atoms with E-state index in [0.717, 1.165) is 48.5 Å². The molecule has 4 aromatic rings. The van der Waals surface area contributed by atoms with E-state index in [1.54, 1.807) is 50.3 Å². The van der Waals surface area contributed by atoms with Crippen molar-refractivity contribution in [1.29, 1.82) is 0 Å². The molecule has 13 heteroatoms. The molecule has 5 rings (SSSR count). The second-order valence-electron chi connectivity index (χ2n) is 10.2. The van der Waals surface area contributed by atoms with Crippen LogP contribution < -0.4 is 20.3 Å². The van der Waals surface area contributed by atoms with Gasteiger partial charge >= 0.3 is 0 Å². The van der Waals surface area contributed by atoms with Crippen LogP contribution in [0.2, 0.25) is 0 Å². The van der Waals surface area contributed by atoms with Crippen LogP contribution in [0.25, 0.3) is 10.9 Å². The monoisotopic (exact) mass is 642 g/mol. The quantitative estimate of drug-likeness (QED) is 0.260. The maximum atomic E-state index is 13.0. The van der Waals surface area contributed by atoms with Crippen molar-refractivity contribution in [1.82, 2.24) is 24.6 Å². The van der Waals surface area contributed by atoms with Crippen molar-refractivity contribution in [2.24, 2.45) is 7.05 Å². The molecular weight excluding hydrogens is 608 g/mol. The van der Waals surface area contributed by atoms with Crippen LogP contribution in [0.15, 0.2) is 52.1 Å². The summed E-state index contributed by atoms with van der Waals surface area (Å²) in [7, 11) is -0.116. The SMILES string of the molecule is CCS(=O)(=O)c1cc2c(cnn2C)cc1Nc1nc(Nc2ccc(N3CCN(C(C)C)CC3)cc2OC)ncc1Br. The van der Waals surface area contributed by atoms with E-state index in [1.165, 1.54) is 0 Å². The predicted octanol–water partition coefficient (Wildman–Crippen LogP) is 4.95. The highest BCUT2D eigenvalue weighted by Gasteiger charge is 2.22. The number of fused-ring (bicyclic) bond motifs is 1. The Morgan fingerprint density at radius 1 is 1.05 bits per heavy atom. The summed E-state index contributed by atoms with van der Waals surface area (Å²) in [4.78, 5) is 14.1. The lowest BCUT2D eigenvalue weighted by molar-refractivity contribution is 0.209. The highest BCUT2D eigenvalue weighted by Crippen LogP contribution is 2.35. The minimum Gasteiger partial charge on any atom is -0.494 e. The molecule has 0 bridgehead atoms. The normalized spacial score (nSPS) is 14.6. The smallest absolute Gasteiger partial charge is 0.229 e. The Hall–Kier alpha value is -3.42. The largest absolute Gasteiger partial charge is 0.494 e. The fourth-order valence-corrected chi connectivity index (χ4v) is 6.27. The van der Waals surface area contributed by atoms with Crippen LogP contribution in [-0.2, 0) is 16.9 Å². The molecule has 1 saturated heterocycles. The number of aryl methyl sites for hydroxylation is 1. The summed E-state index contributed by atoms with van der Waals surface area (Å²) in [5.74, 6) is 1.38. The Bertz CT molecular complexity index is 1670. The van der Waals surface area contributed by atoms with E-state index >= 15 is 0 Å². The molecule has 0 radical (unpaired) electrons. The van der Waals surface area contributed by atoms with Gasteiger partial charge in [-0.1, -0.05) is 6.92 Å². The summed E-state index contributed by atoms with van der Waals surface area (Å²) in [5.41, 5.74) is 2.96. The molecule has 1 aliphatic heterocycles. The van der Waals surface area contributed by atoms with Gasteiger partial charge < -0.3 is 20.3 Å². The zero-order chi connectivity index (χ0) is 29.3. The van der Waals surface area contributed by atoms with E-state index in [0.29, 0.717) is 33.7 Å². The van der Waals surface area contributed by atoms with E-state index in [-0.39, 0.29) is 10.6 Å². The molecule has 0 aliphatic carbocycles. The Morgan fingerprint density at radius 2 is 1.80 bits per heavy atom. The number of hydrogen-bond donors (Lipinski definition) is 2. The third-order valence-electron chi connectivity index (χ3n) is 7.40. The zero-order valence-corrected chi connectivity index (χ0v) is 26.3. The van der Waals surface area contributed by atoms with Crippen LogP contribution in [-0.4, -0.2) is 78.1 Å². The van der Waals surface area contributed by atoms with Crippen molar-refractivity contribution < 1.29 is 13.2 Å². The number of benzene rings is 2. The van der Waals surface area contributed by atoms with Gasteiger partial charge in [0, 0.05) is 62.6 Å². The van der Waals surface area contributed by atoms with Gasteiger partial charge in [-0.3, -0.25) is 9.58 Å². The number of nitrogens with zero attached hydrogens (tertiary/aromatic N) is 6. The van der Waals surface area contributed by atoms with Crippen molar-refractivity contribution in [2.75, 3.05) is 54.6 Å². The molecule has 2 aromatic carbocycles. The van der Waals surface area contributed by atoms with E-state index in [9.17, 15) is 8.42 Å². The van der Waals surface area contributed by atoms with Crippen molar-refractivity contribution >= 4 is 65.5 Å². The summed E-state index contributed by atoms with van der Waals surface area (Å²) in [6.45, 7) is 10.1. The lowest BCUT2D eigenvalue weighted by Gasteiger charge is -2.38. The second kappa shape index (κ2) is 11.8. The molecule has 218 valence electrons. The molecule has 2 N–H and O–H groups in total. The molecule has 0 amide bonds. The van der Waals surface area contributed by atoms with E-state index in [4.69, 9.17) is 4.74 Å². The van der Waals surface area contributed by atoms with E-state index in [2.05, 4.69) is 71.3 Å². The van der Waals surface area contributed by atoms with Gasteiger partial charge in [-0.25, -0.2) is 13.4 Å². The number of nitrogens with one attached hydrogen (secondary N) is 2. The lowest BCUT2D eigenvalue weighted by atomic mass is 10.2. The number of piperazine rings is 1. The van der Waals surface area contributed by atoms with E-state index < -0.39 is 9.84 Å². The number of hydrogen-bond acceptors (Lipinski definition) is 10. The number of rotatable bonds is 9. The fourth-order valence-electron chi connectivity index (χ4n) is 4.93. The maximum absolute atomic E-state index is 13.0. The summed E-state index contributed by atoms with van der Waals surface area (Å²) < 4.78 is 33.9.